The number of anilines is 1. The van der Waals surface area contributed by atoms with Crippen molar-refractivity contribution in [3.05, 3.63) is 52.7 Å². The maximum atomic E-state index is 5.97. The highest BCUT2D eigenvalue weighted by Gasteiger charge is 2.24. The maximum absolute atomic E-state index is 5.97. The van der Waals surface area contributed by atoms with Crippen LogP contribution < -0.4 is 5.73 Å². The molecule has 3 aromatic rings. The fourth-order valence-electron chi connectivity index (χ4n) is 3.58. The standard InChI is InChI=1S/C19H24N6O/c1-12-6-14(3)25-19(23-12)15(9-21-25)10-24-4-5-26-18(11-24)17-8-16(20)7-13(2)22-17/h6-9,18H,4-5,10-11H2,1-3H3,(H2,20,22)/t18-/m1/s1. The Morgan fingerprint density at radius 3 is 2.77 bits per heavy atom. The number of hydrogen-bond acceptors (Lipinski definition) is 6. The number of morpholine rings is 1. The highest BCUT2D eigenvalue weighted by atomic mass is 16.5. The van der Waals surface area contributed by atoms with Gasteiger partial charge in [0.25, 0.3) is 0 Å². The van der Waals surface area contributed by atoms with Crippen LogP contribution >= 0.6 is 0 Å². The molecule has 0 amide bonds. The van der Waals surface area contributed by atoms with Gasteiger partial charge in [0.1, 0.15) is 6.10 Å². The summed E-state index contributed by atoms with van der Waals surface area (Å²) in [6.45, 7) is 9.14. The first kappa shape index (κ1) is 16.9. The number of nitrogen functional groups attached to an aromatic ring is 1. The van der Waals surface area contributed by atoms with E-state index in [1.54, 1.807) is 0 Å². The van der Waals surface area contributed by atoms with Gasteiger partial charge in [0.2, 0.25) is 0 Å². The number of aryl methyl sites for hydroxylation is 3. The SMILES string of the molecule is Cc1cc(N)cc([C@H]2CN(Cc3cnn4c(C)cc(C)nc34)CCO2)n1. The van der Waals surface area contributed by atoms with Gasteiger partial charge in [-0.3, -0.25) is 9.88 Å². The van der Waals surface area contributed by atoms with Gasteiger partial charge in [-0.25, -0.2) is 9.50 Å². The average molecular weight is 352 g/mol. The van der Waals surface area contributed by atoms with Gasteiger partial charge in [0, 0.05) is 48.0 Å². The van der Waals surface area contributed by atoms with Crippen molar-refractivity contribution in [3.63, 3.8) is 0 Å². The molecule has 4 rings (SSSR count). The Balaban J connectivity index is 1.56. The lowest BCUT2D eigenvalue weighted by molar-refractivity contribution is -0.0349. The van der Waals surface area contributed by atoms with E-state index in [0.29, 0.717) is 6.61 Å². The van der Waals surface area contributed by atoms with Crippen molar-refractivity contribution in [1.82, 2.24) is 24.5 Å². The molecule has 1 aliphatic rings. The monoisotopic (exact) mass is 352 g/mol. The highest BCUT2D eigenvalue weighted by Crippen LogP contribution is 2.24. The van der Waals surface area contributed by atoms with Crippen molar-refractivity contribution in [2.45, 2.75) is 33.4 Å². The molecule has 4 heterocycles. The predicted octanol–water partition coefficient (Wildman–Crippen LogP) is 2.21. The molecule has 0 unspecified atom stereocenters. The Morgan fingerprint density at radius 1 is 1.15 bits per heavy atom. The van der Waals surface area contributed by atoms with Gasteiger partial charge in [-0.05, 0) is 39.0 Å². The van der Waals surface area contributed by atoms with Crippen molar-refractivity contribution >= 4 is 11.3 Å². The molecule has 1 fully saturated rings. The molecule has 3 aromatic heterocycles. The molecular weight excluding hydrogens is 328 g/mol. The van der Waals surface area contributed by atoms with E-state index in [1.165, 1.54) is 0 Å². The van der Waals surface area contributed by atoms with Crippen LogP contribution in [0.4, 0.5) is 5.69 Å². The molecule has 7 heteroatoms. The van der Waals surface area contributed by atoms with Crippen LogP contribution in [-0.4, -0.2) is 44.2 Å². The average Bonchev–Trinajstić information content (AvgIpc) is 2.97. The largest absolute Gasteiger partial charge is 0.399 e. The minimum atomic E-state index is -0.0655. The van der Waals surface area contributed by atoms with Crippen LogP contribution in [0.25, 0.3) is 5.65 Å². The lowest BCUT2D eigenvalue weighted by Crippen LogP contribution is -2.38. The smallest absolute Gasteiger partial charge is 0.159 e. The molecule has 0 aliphatic carbocycles. The fourth-order valence-corrected chi connectivity index (χ4v) is 3.58. The molecule has 0 aromatic carbocycles. The van der Waals surface area contributed by atoms with Crippen molar-refractivity contribution in [3.8, 4) is 0 Å². The third-order valence-corrected chi connectivity index (χ3v) is 4.72. The number of aromatic nitrogens is 4. The fraction of sp³-hybridized carbons (Fsp3) is 0.421. The molecule has 26 heavy (non-hydrogen) atoms. The third kappa shape index (κ3) is 3.27. The number of nitrogens with zero attached hydrogens (tertiary/aromatic N) is 5. The predicted molar refractivity (Wildman–Crippen MR) is 99.8 cm³/mol. The second kappa shape index (κ2) is 6.66. The highest BCUT2D eigenvalue weighted by molar-refractivity contribution is 5.48. The number of nitrogens with two attached hydrogens (primary N) is 1. The number of hydrogen-bond donors (Lipinski definition) is 1. The molecule has 136 valence electrons. The van der Waals surface area contributed by atoms with E-state index < -0.39 is 0 Å². The molecule has 0 radical (unpaired) electrons. The Bertz CT molecular complexity index is 930. The first-order valence-electron chi connectivity index (χ1n) is 8.88. The summed E-state index contributed by atoms with van der Waals surface area (Å²) in [5, 5.41) is 4.49. The molecule has 7 nitrogen and oxygen atoms in total. The maximum Gasteiger partial charge on any atom is 0.159 e. The van der Waals surface area contributed by atoms with Crippen molar-refractivity contribution in [2.75, 3.05) is 25.4 Å². The quantitative estimate of drug-likeness (QED) is 0.778. The minimum Gasteiger partial charge on any atom is -0.399 e. The van der Waals surface area contributed by atoms with Crippen LogP contribution in [0.1, 0.15) is 34.4 Å². The Hall–Kier alpha value is -2.51. The summed E-state index contributed by atoms with van der Waals surface area (Å²) in [5.41, 5.74) is 12.7. The van der Waals surface area contributed by atoms with Gasteiger partial charge in [-0.2, -0.15) is 5.10 Å². The molecule has 0 bridgehead atoms. The first-order chi connectivity index (χ1) is 12.5. The van der Waals surface area contributed by atoms with Gasteiger partial charge in [-0.1, -0.05) is 0 Å². The van der Waals surface area contributed by atoms with Crippen LogP contribution in [0.15, 0.2) is 24.4 Å². The van der Waals surface area contributed by atoms with E-state index in [0.717, 1.165) is 59.3 Å². The van der Waals surface area contributed by atoms with Crippen LogP contribution in [0.5, 0.6) is 0 Å². The second-order valence-corrected chi connectivity index (χ2v) is 7.01. The normalized spacial score (nSPS) is 18.5. The molecule has 1 saturated heterocycles. The Morgan fingerprint density at radius 2 is 1.96 bits per heavy atom. The van der Waals surface area contributed by atoms with Crippen molar-refractivity contribution in [2.24, 2.45) is 0 Å². The van der Waals surface area contributed by atoms with E-state index in [1.807, 2.05) is 42.8 Å². The Labute approximate surface area is 152 Å². The van der Waals surface area contributed by atoms with Crippen LogP contribution in [0.3, 0.4) is 0 Å². The topological polar surface area (TPSA) is 81.6 Å². The minimum absolute atomic E-state index is 0.0655. The molecule has 0 spiro atoms. The molecule has 1 aliphatic heterocycles. The zero-order chi connectivity index (χ0) is 18.3. The second-order valence-electron chi connectivity index (χ2n) is 7.01. The van der Waals surface area contributed by atoms with Crippen LogP contribution in [0, 0.1) is 20.8 Å². The number of rotatable bonds is 3. The zero-order valence-electron chi connectivity index (χ0n) is 15.4. The summed E-state index contributed by atoms with van der Waals surface area (Å²) in [4.78, 5) is 11.6. The summed E-state index contributed by atoms with van der Waals surface area (Å²) in [7, 11) is 0. The van der Waals surface area contributed by atoms with E-state index >= 15 is 0 Å². The van der Waals surface area contributed by atoms with Gasteiger partial charge >= 0.3 is 0 Å². The molecule has 2 N–H and O–H groups in total. The van der Waals surface area contributed by atoms with E-state index in [2.05, 4.69) is 26.9 Å². The van der Waals surface area contributed by atoms with Crippen LogP contribution in [0.2, 0.25) is 0 Å². The number of fused-ring (bicyclic) bond motifs is 1. The van der Waals surface area contributed by atoms with Crippen LogP contribution in [-0.2, 0) is 11.3 Å². The summed E-state index contributed by atoms with van der Waals surface area (Å²) < 4.78 is 7.86. The summed E-state index contributed by atoms with van der Waals surface area (Å²) in [5.74, 6) is 0. The molecular formula is C19H24N6O. The Kier molecular flexibility index (Phi) is 4.34. The summed E-state index contributed by atoms with van der Waals surface area (Å²) in [6.07, 6.45) is 1.85. The third-order valence-electron chi connectivity index (χ3n) is 4.72. The van der Waals surface area contributed by atoms with Gasteiger partial charge in [0.05, 0.1) is 18.5 Å². The van der Waals surface area contributed by atoms with Gasteiger partial charge in [0.15, 0.2) is 5.65 Å². The molecule has 0 saturated carbocycles. The van der Waals surface area contributed by atoms with Gasteiger partial charge < -0.3 is 10.5 Å². The van der Waals surface area contributed by atoms with Crippen molar-refractivity contribution in [1.29, 1.82) is 0 Å². The van der Waals surface area contributed by atoms with E-state index in [9.17, 15) is 0 Å². The lowest BCUT2D eigenvalue weighted by Gasteiger charge is -2.32. The lowest BCUT2D eigenvalue weighted by atomic mass is 10.1. The van der Waals surface area contributed by atoms with Crippen molar-refractivity contribution < 1.29 is 4.74 Å². The van der Waals surface area contributed by atoms with Gasteiger partial charge in [-0.15, -0.1) is 0 Å². The number of ether oxygens (including phenoxy) is 1. The summed E-state index contributed by atoms with van der Waals surface area (Å²) in [6, 6.07) is 5.83. The zero-order valence-corrected chi connectivity index (χ0v) is 15.4. The first-order valence-corrected chi connectivity index (χ1v) is 8.88. The van der Waals surface area contributed by atoms with E-state index in [-0.39, 0.29) is 6.10 Å². The summed E-state index contributed by atoms with van der Waals surface area (Å²) >= 11 is 0. The molecule has 1 atom stereocenters. The number of pyridine rings is 1. The van der Waals surface area contributed by atoms with E-state index in [4.69, 9.17) is 10.5 Å².